The van der Waals surface area contributed by atoms with E-state index in [1.54, 1.807) is 12.0 Å². The molecule has 1 aromatic carbocycles. The lowest BCUT2D eigenvalue weighted by Crippen LogP contribution is -2.54. The van der Waals surface area contributed by atoms with Gasteiger partial charge in [0.1, 0.15) is 17.8 Å². The molecule has 132 valence electrons. The molecule has 7 nitrogen and oxygen atoms in total. The smallest absolute Gasteiger partial charge is 0.249 e. The van der Waals surface area contributed by atoms with E-state index in [1.165, 1.54) is 0 Å². The second kappa shape index (κ2) is 8.32. The van der Waals surface area contributed by atoms with Gasteiger partial charge >= 0.3 is 0 Å². The van der Waals surface area contributed by atoms with Crippen LogP contribution >= 0.6 is 12.4 Å². The van der Waals surface area contributed by atoms with E-state index in [4.69, 9.17) is 9.47 Å². The highest BCUT2D eigenvalue weighted by Gasteiger charge is 2.36. The zero-order chi connectivity index (χ0) is 16.2. The highest BCUT2D eigenvalue weighted by atomic mass is 35.5. The van der Waals surface area contributed by atoms with Gasteiger partial charge in [-0.3, -0.25) is 9.59 Å². The number of amides is 2. The molecule has 8 heteroatoms. The van der Waals surface area contributed by atoms with Crippen LogP contribution in [-0.2, 0) is 14.3 Å². The molecule has 2 atom stereocenters. The van der Waals surface area contributed by atoms with Crippen LogP contribution in [-0.4, -0.2) is 57.3 Å². The number of para-hydroxylation sites is 2. The fraction of sp³-hybridized carbons (Fsp3) is 0.500. The number of ether oxygens (including phenoxy) is 2. The Hall–Kier alpha value is -1.83. The van der Waals surface area contributed by atoms with Crippen molar-refractivity contribution in [3.05, 3.63) is 24.3 Å². The number of benzene rings is 1. The van der Waals surface area contributed by atoms with E-state index in [1.807, 2.05) is 24.3 Å². The standard InChI is InChI=1S/C16H21N3O4.ClH/c1-22-14-5-3-2-4-13(14)19-8-6-11(16(19)21)18-15(20)12-10-23-9-7-17-12;/h2-5,11-12,17H,6-10H2,1H3,(H,18,20);1H. The molecule has 0 aromatic heterocycles. The Labute approximate surface area is 147 Å². The second-order valence-electron chi connectivity index (χ2n) is 5.59. The summed E-state index contributed by atoms with van der Waals surface area (Å²) in [4.78, 5) is 26.5. The number of methoxy groups -OCH3 is 1. The first kappa shape index (κ1) is 18.5. The molecule has 2 unspecified atom stereocenters. The predicted molar refractivity (Wildman–Crippen MR) is 91.8 cm³/mol. The molecule has 0 radical (unpaired) electrons. The molecule has 0 spiro atoms. The fourth-order valence-corrected chi connectivity index (χ4v) is 2.91. The van der Waals surface area contributed by atoms with Gasteiger partial charge < -0.3 is 25.0 Å². The summed E-state index contributed by atoms with van der Waals surface area (Å²) in [5.74, 6) is 0.347. The molecule has 24 heavy (non-hydrogen) atoms. The van der Waals surface area contributed by atoms with Gasteiger partial charge in [0.05, 0.1) is 26.0 Å². The number of carbonyl (C=O) groups is 2. The second-order valence-corrected chi connectivity index (χ2v) is 5.59. The van der Waals surface area contributed by atoms with Crippen LogP contribution in [0.4, 0.5) is 5.69 Å². The lowest BCUT2D eigenvalue weighted by Gasteiger charge is -2.24. The van der Waals surface area contributed by atoms with E-state index in [-0.39, 0.29) is 24.2 Å². The summed E-state index contributed by atoms with van der Waals surface area (Å²) in [6, 6.07) is 6.49. The van der Waals surface area contributed by atoms with Crippen molar-refractivity contribution in [1.29, 1.82) is 0 Å². The van der Waals surface area contributed by atoms with Gasteiger partial charge in [-0.15, -0.1) is 12.4 Å². The SMILES string of the molecule is COc1ccccc1N1CCC(NC(=O)C2COCCN2)C1=O.Cl. The van der Waals surface area contributed by atoms with Crippen LogP contribution < -0.4 is 20.3 Å². The molecule has 0 aliphatic carbocycles. The van der Waals surface area contributed by atoms with E-state index >= 15 is 0 Å². The Morgan fingerprint density at radius 1 is 1.42 bits per heavy atom. The Morgan fingerprint density at radius 2 is 2.21 bits per heavy atom. The van der Waals surface area contributed by atoms with Crippen molar-refractivity contribution < 1.29 is 19.1 Å². The minimum atomic E-state index is -0.504. The van der Waals surface area contributed by atoms with Crippen molar-refractivity contribution in [2.75, 3.05) is 38.3 Å². The van der Waals surface area contributed by atoms with Gasteiger partial charge in [-0.1, -0.05) is 12.1 Å². The molecule has 2 N–H and O–H groups in total. The summed E-state index contributed by atoms with van der Waals surface area (Å²) >= 11 is 0. The Kier molecular flexibility index (Phi) is 6.42. The Bertz CT molecular complexity index is 592. The molecule has 2 heterocycles. The quantitative estimate of drug-likeness (QED) is 0.813. The summed E-state index contributed by atoms with van der Waals surface area (Å²) in [5.41, 5.74) is 0.732. The average Bonchev–Trinajstić information content (AvgIpc) is 2.96. The first-order valence-electron chi connectivity index (χ1n) is 7.76. The molecule has 2 aliphatic heterocycles. The molecular formula is C16H22ClN3O4. The van der Waals surface area contributed by atoms with Crippen molar-refractivity contribution in [2.45, 2.75) is 18.5 Å². The molecule has 1 aromatic rings. The molecule has 2 saturated heterocycles. The molecule has 2 aliphatic rings. The number of halogens is 1. The van der Waals surface area contributed by atoms with Crippen molar-refractivity contribution in [1.82, 2.24) is 10.6 Å². The number of carbonyl (C=O) groups excluding carboxylic acids is 2. The Morgan fingerprint density at radius 3 is 2.92 bits per heavy atom. The first-order valence-corrected chi connectivity index (χ1v) is 7.76. The van der Waals surface area contributed by atoms with Crippen LogP contribution in [0.25, 0.3) is 0 Å². The van der Waals surface area contributed by atoms with Gasteiger partial charge in [-0.25, -0.2) is 0 Å². The largest absolute Gasteiger partial charge is 0.495 e. The maximum absolute atomic E-state index is 12.6. The first-order chi connectivity index (χ1) is 11.2. The summed E-state index contributed by atoms with van der Waals surface area (Å²) in [7, 11) is 1.58. The number of hydrogen-bond acceptors (Lipinski definition) is 5. The Balaban J connectivity index is 0.00000208. The van der Waals surface area contributed by atoms with Crippen molar-refractivity contribution >= 4 is 29.9 Å². The third kappa shape index (κ3) is 3.80. The van der Waals surface area contributed by atoms with Gasteiger partial charge in [-0.2, -0.15) is 0 Å². The molecule has 3 rings (SSSR count). The lowest BCUT2D eigenvalue weighted by atomic mass is 10.2. The van der Waals surface area contributed by atoms with Crippen LogP contribution in [0.3, 0.4) is 0 Å². The number of rotatable bonds is 4. The third-order valence-electron chi connectivity index (χ3n) is 4.14. The van der Waals surface area contributed by atoms with Crippen LogP contribution in [0.15, 0.2) is 24.3 Å². The minimum absolute atomic E-state index is 0. The third-order valence-corrected chi connectivity index (χ3v) is 4.14. The monoisotopic (exact) mass is 355 g/mol. The van der Waals surface area contributed by atoms with Crippen LogP contribution in [0.2, 0.25) is 0 Å². The zero-order valence-corrected chi connectivity index (χ0v) is 14.3. The molecule has 2 fully saturated rings. The predicted octanol–water partition coefficient (Wildman–Crippen LogP) is 0.327. The molecule has 0 bridgehead atoms. The highest BCUT2D eigenvalue weighted by Crippen LogP contribution is 2.30. The van der Waals surface area contributed by atoms with E-state index in [0.717, 1.165) is 5.69 Å². The average molecular weight is 356 g/mol. The van der Waals surface area contributed by atoms with Crippen LogP contribution in [0.1, 0.15) is 6.42 Å². The van der Waals surface area contributed by atoms with E-state index in [0.29, 0.717) is 38.5 Å². The molecule has 2 amide bonds. The number of nitrogens with one attached hydrogen (secondary N) is 2. The summed E-state index contributed by atoms with van der Waals surface area (Å²) in [5, 5.41) is 5.91. The number of nitrogens with zero attached hydrogens (tertiary/aromatic N) is 1. The zero-order valence-electron chi connectivity index (χ0n) is 13.5. The van der Waals surface area contributed by atoms with Crippen molar-refractivity contribution in [3.8, 4) is 5.75 Å². The summed E-state index contributed by atoms with van der Waals surface area (Å²) in [6.07, 6.45) is 0.580. The van der Waals surface area contributed by atoms with Crippen LogP contribution in [0, 0.1) is 0 Å². The van der Waals surface area contributed by atoms with E-state index < -0.39 is 12.1 Å². The maximum Gasteiger partial charge on any atom is 0.249 e. The van der Waals surface area contributed by atoms with Gasteiger partial charge in [0, 0.05) is 13.1 Å². The molecule has 0 saturated carbocycles. The van der Waals surface area contributed by atoms with Gasteiger partial charge in [0.25, 0.3) is 0 Å². The van der Waals surface area contributed by atoms with Crippen molar-refractivity contribution in [2.24, 2.45) is 0 Å². The maximum atomic E-state index is 12.6. The summed E-state index contributed by atoms with van der Waals surface area (Å²) in [6.45, 7) is 2.14. The van der Waals surface area contributed by atoms with Gasteiger partial charge in [0.15, 0.2) is 0 Å². The fourth-order valence-electron chi connectivity index (χ4n) is 2.91. The lowest BCUT2D eigenvalue weighted by molar-refractivity contribution is -0.129. The molecular weight excluding hydrogens is 334 g/mol. The summed E-state index contributed by atoms with van der Waals surface area (Å²) < 4.78 is 10.6. The number of morpholine rings is 1. The van der Waals surface area contributed by atoms with E-state index in [9.17, 15) is 9.59 Å². The van der Waals surface area contributed by atoms with E-state index in [2.05, 4.69) is 10.6 Å². The number of anilines is 1. The van der Waals surface area contributed by atoms with Gasteiger partial charge in [-0.05, 0) is 18.6 Å². The number of hydrogen-bond donors (Lipinski definition) is 2. The topological polar surface area (TPSA) is 79.9 Å². The van der Waals surface area contributed by atoms with Gasteiger partial charge in [0.2, 0.25) is 11.8 Å². The normalized spacial score (nSPS) is 23.5. The van der Waals surface area contributed by atoms with Crippen molar-refractivity contribution in [3.63, 3.8) is 0 Å². The highest BCUT2D eigenvalue weighted by molar-refractivity contribution is 6.02. The minimum Gasteiger partial charge on any atom is -0.495 e. The van der Waals surface area contributed by atoms with Crippen LogP contribution in [0.5, 0.6) is 5.75 Å².